The van der Waals surface area contributed by atoms with Gasteiger partial charge in [0.05, 0.1) is 12.0 Å². The van der Waals surface area contributed by atoms with Gasteiger partial charge in [-0.2, -0.15) is 0 Å². The molecule has 130 valence electrons. The lowest BCUT2D eigenvalue weighted by molar-refractivity contribution is -0.134. The van der Waals surface area contributed by atoms with Gasteiger partial charge in [-0.3, -0.25) is 9.69 Å². The molecule has 0 unspecified atom stereocenters. The molecule has 1 aliphatic heterocycles. The van der Waals surface area contributed by atoms with Gasteiger partial charge in [-0.05, 0) is 17.9 Å². The highest BCUT2D eigenvalue weighted by Crippen LogP contribution is 2.30. The molecule has 0 spiro atoms. The van der Waals surface area contributed by atoms with Crippen LogP contribution in [0.25, 0.3) is 6.08 Å². The van der Waals surface area contributed by atoms with Crippen molar-refractivity contribution in [1.29, 1.82) is 0 Å². The van der Waals surface area contributed by atoms with Gasteiger partial charge in [-0.15, -0.1) is 0 Å². The van der Waals surface area contributed by atoms with Gasteiger partial charge in [0.15, 0.2) is 0 Å². The Hall–Kier alpha value is -1.17. The van der Waals surface area contributed by atoms with Gasteiger partial charge in [0.1, 0.15) is 4.32 Å². The Morgan fingerprint density at radius 2 is 2.04 bits per heavy atom. The van der Waals surface area contributed by atoms with Crippen LogP contribution < -0.4 is 0 Å². The van der Waals surface area contributed by atoms with Crippen LogP contribution in [0.15, 0.2) is 36.4 Å². The third-order valence-electron chi connectivity index (χ3n) is 4.13. The molecule has 1 fully saturated rings. The summed E-state index contributed by atoms with van der Waals surface area (Å²) in [5, 5.41) is 10.4. The van der Waals surface area contributed by atoms with Crippen molar-refractivity contribution in [3.8, 4) is 0 Å². The highest BCUT2D eigenvalue weighted by Gasteiger charge is 2.37. The number of thiocarbonyl (C=S) groups is 1. The lowest BCUT2D eigenvalue weighted by atomic mass is 9.99. The number of nitrogens with zero attached hydrogens (tertiary/aromatic N) is 1. The van der Waals surface area contributed by atoms with Crippen LogP contribution in [0, 0.1) is 11.8 Å². The Labute approximate surface area is 154 Å². The van der Waals surface area contributed by atoms with E-state index in [-0.39, 0.29) is 11.9 Å². The zero-order valence-corrected chi connectivity index (χ0v) is 16.0. The van der Waals surface area contributed by atoms with Gasteiger partial charge in [0, 0.05) is 11.8 Å². The zero-order valence-electron chi connectivity index (χ0n) is 14.4. The monoisotopic (exact) mass is 363 g/mol. The van der Waals surface area contributed by atoms with Crippen LogP contribution in [0.5, 0.6) is 0 Å². The summed E-state index contributed by atoms with van der Waals surface area (Å²) in [7, 11) is 0. The predicted octanol–water partition coefficient (Wildman–Crippen LogP) is 3.97. The molecule has 5 heteroatoms. The van der Waals surface area contributed by atoms with Crippen molar-refractivity contribution < 1.29 is 9.90 Å². The second-order valence-electron chi connectivity index (χ2n) is 6.62. The van der Waals surface area contributed by atoms with Gasteiger partial charge in [-0.25, -0.2) is 0 Å². The molecule has 1 aromatic carbocycles. The standard InChI is InChI=1S/C19H25NO2S2/c1-13(2)11-16-12-24-19(23)20(16)18(22)14(3)17(21)10-9-15-7-5-4-6-8-15/h4-10,13-14,16-17,21H,11-12H2,1-3H3/b10-9+/t14-,16+,17+/m1/s1. The first-order valence-electron chi connectivity index (χ1n) is 8.31. The number of thioether (sulfide) groups is 1. The number of hydrogen-bond donors (Lipinski definition) is 1. The normalized spacial score (nSPS) is 20.8. The van der Waals surface area contributed by atoms with Gasteiger partial charge >= 0.3 is 0 Å². The van der Waals surface area contributed by atoms with Crippen LogP contribution in [0.4, 0.5) is 0 Å². The molecule has 1 N–H and O–H groups in total. The van der Waals surface area contributed by atoms with Crippen molar-refractivity contribution >= 4 is 40.3 Å². The van der Waals surface area contributed by atoms with E-state index in [1.54, 1.807) is 29.7 Å². The first kappa shape index (κ1) is 19.2. The minimum Gasteiger partial charge on any atom is -0.388 e. The number of aliphatic hydroxyl groups excluding tert-OH is 1. The van der Waals surface area contributed by atoms with E-state index >= 15 is 0 Å². The SMILES string of the molecule is CC(C)C[C@H]1CSC(=S)N1C(=O)[C@H](C)[C@@H](O)/C=C/c1ccccc1. The number of aliphatic hydroxyl groups is 1. The average molecular weight is 364 g/mol. The number of rotatable bonds is 6. The van der Waals surface area contributed by atoms with Crippen LogP contribution >= 0.6 is 24.0 Å². The summed E-state index contributed by atoms with van der Waals surface area (Å²) in [4.78, 5) is 14.6. The molecule has 3 atom stereocenters. The number of carbonyl (C=O) groups is 1. The van der Waals surface area contributed by atoms with Crippen LogP contribution in [-0.4, -0.2) is 38.1 Å². The molecule has 2 rings (SSSR count). The smallest absolute Gasteiger partial charge is 0.234 e. The Morgan fingerprint density at radius 1 is 1.38 bits per heavy atom. The second-order valence-corrected chi connectivity index (χ2v) is 8.27. The first-order chi connectivity index (χ1) is 11.4. The lowest BCUT2D eigenvalue weighted by Crippen LogP contribution is -2.44. The molecule has 0 aliphatic carbocycles. The topological polar surface area (TPSA) is 40.5 Å². The van der Waals surface area contributed by atoms with E-state index in [1.807, 2.05) is 36.4 Å². The molecule has 1 aliphatic rings. The summed E-state index contributed by atoms with van der Waals surface area (Å²) in [5.41, 5.74) is 1.00. The van der Waals surface area contributed by atoms with E-state index in [4.69, 9.17) is 12.2 Å². The van der Waals surface area contributed by atoms with Crippen LogP contribution in [0.1, 0.15) is 32.8 Å². The van der Waals surface area contributed by atoms with Gasteiger partial charge in [0.25, 0.3) is 0 Å². The summed E-state index contributed by atoms with van der Waals surface area (Å²) in [6.45, 7) is 6.06. The quantitative estimate of drug-likeness (QED) is 0.777. The van der Waals surface area contributed by atoms with Crippen molar-refractivity contribution in [2.75, 3.05) is 5.75 Å². The predicted molar refractivity (Wildman–Crippen MR) is 106 cm³/mol. The summed E-state index contributed by atoms with van der Waals surface area (Å²) >= 11 is 6.92. The minimum absolute atomic E-state index is 0.0825. The van der Waals surface area contributed by atoms with Crippen molar-refractivity contribution in [2.24, 2.45) is 11.8 Å². The number of benzene rings is 1. The van der Waals surface area contributed by atoms with E-state index in [2.05, 4.69) is 13.8 Å². The van der Waals surface area contributed by atoms with Crippen molar-refractivity contribution in [2.45, 2.75) is 39.3 Å². The molecule has 1 aromatic rings. The fourth-order valence-electron chi connectivity index (χ4n) is 2.75. The maximum atomic E-state index is 12.8. The Balaban J connectivity index is 2.04. The largest absolute Gasteiger partial charge is 0.388 e. The molecule has 24 heavy (non-hydrogen) atoms. The van der Waals surface area contributed by atoms with Crippen LogP contribution in [0.3, 0.4) is 0 Å². The Morgan fingerprint density at radius 3 is 2.67 bits per heavy atom. The minimum atomic E-state index is -0.828. The lowest BCUT2D eigenvalue weighted by Gasteiger charge is -2.28. The summed E-state index contributed by atoms with van der Waals surface area (Å²) in [6.07, 6.45) is 3.63. The van der Waals surface area contributed by atoms with Crippen LogP contribution in [0.2, 0.25) is 0 Å². The molecule has 0 radical (unpaired) electrons. The average Bonchev–Trinajstić information content (AvgIpc) is 2.92. The third-order valence-corrected chi connectivity index (χ3v) is 5.67. The highest BCUT2D eigenvalue weighted by atomic mass is 32.2. The van der Waals surface area contributed by atoms with Crippen molar-refractivity contribution in [1.82, 2.24) is 4.90 Å². The summed E-state index contributed by atoms with van der Waals surface area (Å²) < 4.78 is 0.636. The molecule has 1 amide bonds. The fraction of sp³-hybridized carbons (Fsp3) is 0.474. The zero-order chi connectivity index (χ0) is 17.7. The maximum Gasteiger partial charge on any atom is 0.234 e. The highest BCUT2D eigenvalue weighted by molar-refractivity contribution is 8.23. The van der Waals surface area contributed by atoms with Gasteiger partial charge in [-0.1, -0.05) is 87.2 Å². The molecule has 0 aromatic heterocycles. The van der Waals surface area contributed by atoms with E-state index in [0.29, 0.717) is 10.2 Å². The molecule has 0 saturated carbocycles. The molecular weight excluding hydrogens is 338 g/mol. The summed E-state index contributed by atoms with van der Waals surface area (Å²) in [5.74, 6) is 0.757. The van der Waals surface area contributed by atoms with Crippen molar-refractivity contribution in [3.05, 3.63) is 42.0 Å². The maximum absolute atomic E-state index is 12.8. The molecule has 1 saturated heterocycles. The van der Waals surface area contributed by atoms with Crippen molar-refractivity contribution in [3.63, 3.8) is 0 Å². The summed E-state index contributed by atoms with van der Waals surface area (Å²) in [6, 6.07) is 9.89. The number of carbonyl (C=O) groups excluding carboxylic acids is 1. The first-order valence-corrected chi connectivity index (χ1v) is 9.70. The third kappa shape index (κ3) is 4.91. The van der Waals surface area contributed by atoms with Gasteiger partial charge in [0.2, 0.25) is 5.91 Å². The van der Waals surface area contributed by atoms with E-state index < -0.39 is 12.0 Å². The Kier molecular flexibility index (Phi) is 7.02. The number of amides is 1. The molecule has 0 bridgehead atoms. The second kappa shape index (κ2) is 8.79. The van der Waals surface area contributed by atoms with E-state index in [9.17, 15) is 9.90 Å². The molecule has 3 nitrogen and oxygen atoms in total. The van der Waals surface area contributed by atoms with E-state index in [0.717, 1.165) is 17.7 Å². The van der Waals surface area contributed by atoms with Crippen LogP contribution in [-0.2, 0) is 4.79 Å². The number of hydrogen-bond acceptors (Lipinski definition) is 4. The molecular formula is C19H25NO2S2. The Bertz CT molecular complexity index is 601. The molecule has 1 heterocycles. The van der Waals surface area contributed by atoms with Gasteiger partial charge < -0.3 is 5.11 Å². The fourth-order valence-corrected chi connectivity index (χ4v) is 4.20. The van der Waals surface area contributed by atoms with E-state index in [1.165, 1.54) is 0 Å².